The van der Waals surface area contributed by atoms with Crippen molar-refractivity contribution in [3.63, 3.8) is 0 Å². The molecule has 1 amide bonds. The standard InChI is InChI=1S/C17H24N2O6S2/c1-13(20)18-7-9-19(10-8-18)16-11-26(21,22)12-17(16)27(23,24)15-5-3-14(25-2)4-6-15/h3-6,16-17H,7-12H2,1-2H3/t16-,17-/m1/s1. The summed E-state index contributed by atoms with van der Waals surface area (Å²) in [6, 6.07) is 5.40. The first-order valence-electron chi connectivity index (χ1n) is 8.72. The smallest absolute Gasteiger partial charge is 0.219 e. The first-order valence-corrected chi connectivity index (χ1v) is 12.1. The zero-order chi connectivity index (χ0) is 19.8. The molecule has 2 fully saturated rings. The van der Waals surface area contributed by atoms with Crippen LogP contribution < -0.4 is 4.74 Å². The second kappa shape index (κ2) is 7.40. The van der Waals surface area contributed by atoms with Crippen molar-refractivity contribution in [1.29, 1.82) is 0 Å². The maximum Gasteiger partial charge on any atom is 0.219 e. The van der Waals surface area contributed by atoms with Crippen molar-refractivity contribution in [2.45, 2.75) is 23.1 Å². The summed E-state index contributed by atoms with van der Waals surface area (Å²) < 4.78 is 55.9. The molecular formula is C17H24N2O6S2. The molecule has 0 bridgehead atoms. The predicted molar refractivity (Wildman–Crippen MR) is 100 cm³/mol. The van der Waals surface area contributed by atoms with Gasteiger partial charge in [-0.25, -0.2) is 16.8 Å². The minimum Gasteiger partial charge on any atom is -0.497 e. The van der Waals surface area contributed by atoms with Crippen molar-refractivity contribution >= 4 is 25.6 Å². The van der Waals surface area contributed by atoms with Gasteiger partial charge in [-0.15, -0.1) is 0 Å². The Morgan fingerprint density at radius 3 is 2.19 bits per heavy atom. The molecular weight excluding hydrogens is 392 g/mol. The summed E-state index contributed by atoms with van der Waals surface area (Å²) in [5, 5.41) is -1.01. The second-order valence-corrected chi connectivity index (χ2v) is 11.3. The molecule has 0 N–H and O–H groups in total. The van der Waals surface area contributed by atoms with E-state index in [1.54, 1.807) is 17.0 Å². The number of rotatable bonds is 4. The van der Waals surface area contributed by atoms with Crippen LogP contribution in [0.2, 0.25) is 0 Å². The average molecular weight is 417 g/mol. The van der Waals surface area contributed by atoms with Crippen molar-refractivity contribution < 1.29 is 26.4 Å². The first kappa shape index (κ1) is 20.1. The number of methoxy groups -OCH3 is 1. The van der Waals surface area contributed by atoms with Gasteiger partial charge in [0.15, 0.2) is 19.7 Å². The fourth-order valence-corrected chi connectivity index (χ4v) is 8.57. The van der Waals surface area contributed by atoms with Gasteiger partial charge in [-0.2, -0.15) is 0 Å². The summed E-state index contributed by atoms with van der Waals surface area (Å²) in [5.74, 6) is -0.0486. The number of nitrogens with zero attached hydrogens (tertiary/aromatic N) is 2. The molecule has 0 aliphatic carbocycles. The molecule has 0 spiro atoms. The van der Waals surface area contributed by atoms with Crippen LogP contribution >= 0.6 is 0 Å². The van der Waals surface area contributed by atoms with E-state index in [1.165, 1.54) is 26.2 Å². The Balaban J connectivity index is 1.86. The number of carbonyl (C=O) groups excluding carboxylic acids is 1. The number of benzene rings is 1. The fraction of sp³-hybridized carbons (Fsp3) is 0.588. The lowest BCUT2D eigenvalue weighted by atomic mass is 10.2. The zero-order valence-corrected chi connectivity index (χ0v) is 17.0. The third kappa shape index (κ3) is 4.12. The SMILES string of the molecule is COc1ccc(S(=O)(=O)[C@@H]2CS(=O)(=O)C[C@H]2N2CCN(C(C)=O)CC2)cc1. The molecule has 1 aromatic carbocycles. The Bertz CT molecular complexity index is 903. The maximum absolute atomic E-state index is 13.2. The maximum atomic E-state index is 13.2. The number of hydrogen-bond acceptors (Lipinski definition) is 7. The summed E-state index contributed by atoms with van der Waals surface area (Å²) in [6.07, 6.45) is 0. The molecule has 10 heteroatoms. The van der Waals surface area contributed by atoms with E-state index < -0.39 is 31.0 Å². The topological polar surface area (TPSA) is 101 Å². The van der Waals surface area contributed by atoms with Gasteiger partial charge in [0, 0.05) is 39.1 Å². The molecule has 0 aromatic heterocycles. The van der Waals surface area contributed by atoms with Gasteiger partial charge in [-0.1, -0.05) is 0 Å². The number of piperazine rings is 1. The van der Waals surface area contributed by atoms with Gasteiger partial charge >= 0.3 is 0 Å². The largest absolute Gasteiger partial charge is 0.497 e. The number of carbonyl (C=O) groups is 1. The van der Waals surface area contributed by atoms with E-state index in [0.717, 1.165) is 0 Å². The lowest BCUT2D eigenvalue weighted by Crippen LogP contribution is -2.55. The highest BCUT2D eigenvalue weighted by Gasteiger charge is 2.48. The molecule has 1 aromatic rings. The monoisotopic (exact) mass is 416 g/mol. The summed E-state index contributed by atoms with van der Waals surface area (Å²) in [7, 11) is -5.78. The summed E-state index contributed by atoms with van der Waals surface area (Å²) in [6.45, 7) is 3.37. The van der Waals surface area contributed by atoms with E-state index in [2.05, 4.69) is 0 Å². The van der Waals surface area contributed by atoms with E-state index in [0.29, 0.717) is 31.9 Å². The molecule has 3 rings (SSSR count). The Hall–Kier alpha value is -1.65. The van der Waals surface area contributed by atoms with Crippen LogP contribution in [0.15, 0.2) is 29.2 Å². The number of hydrogen-bond donors (Lipinski definition) is 0. The van der Waals surface area contributed by atoms with Gasteiger partial charge in [-0.05, 0) is 24.3 Å². The van der Waals surface area contributed by atoms with Crippen LogP contribution in [-0.2, 0) is 24.5 Å². The zero-order valence-electron chi connectivity index (χ0n) is 15.4. The van der Waals surface area contributed by atoms with E-state index in [4.69, 9.17) is 4.74 Å². The Morgan fingerprint density at radius 2 is 1.67 bits per heavy atom. The first-order chi connectivity index (χ1) is 12.6. The second-order valence-electron chi connectivity index (χ2n) is 6.95. The highest BCUT2D eigenvalue weighted by Crippen LogP contribution is 2.30. The van der Waals surface area contributed by atoms with Gasteiger partial charge in [0.1, 0.15) is 5.75 Å². The van der Waals surface area contributed by atoms with Crippen LogP contribution in [0, 0.1) is 0 Å². The fourth-order valence-electron chi connectivity index (χ4n) is 3.74. The summed E-state index contributed by atoms with van der Waals surface area (Å²) >= 11 is 0. The third-order valence-electron chi connectivity index (χ3n) is 5.29. The quantitative estimate of drug-likeness (QED) is 0.670. The van der Waals surface area contributed by atoms with E-state index in [1.807, 2.05) is 4.90 Å². The van der Waals surface area contributed by atoms with Crippen LogP contribution in [0.4, 0.5) is 0 Å². The summed E-state index contributed by atoms with van der Waals surface area (Å²) in [5.41, 5.74) is 0. The van der Waals surface area contributed by atoms with Crippen molar-refractivity contribution in [2.24, 2.45) is 0 Å². The third-order valence-corrected chi connectivity index (χ3v) is 9.42. The number of sulfone groups is 2. The average Bonchev–Trinajstić information content (AvgIpc) is 2.98. The van der Waals surface area contributed by atoms with E-state index in [9.17, 15) is 21.6 Å². The van der Waals surface area contributed by atoms with Crippen LogP contribution in [0.1, 0.15) is 6.92 Å². The van der Waals surface area contributed by atoms with Gasteiger partial charge in [0.2, 0.25) is 5.91 Å². The highest BCUT2D eigenvalue weighted by molar-refractivity contribution is 7.96. The van der Waals surface area contributed by atoms with Crippen LogP contribution in [0.25, 0.3) is 0 Å². The molecule has 2 atom stereocenters. The van der Waals surface area contributed by atoms with Crippen LogP contribution in [0.3, 0.4) is 0 Å². The molecule has 2 aliphatic heterocycles. The van der Waals surface area contributed by atoms with Crippen molar-refractivity contribution in [3.05, 3.63) is 24.3 Å². The van der Waals surface area contributed by atoms with Gasteiger partial charge < -0.3 is 9.64 Å². The molecule has 0 saturated carbocycles. The number of ether oxygens (including phenoxy) is 1. The normalized spacial score (nSPS) is 26.1. The molecule has 2 saturated heterocycles. The van der Waals surface area contributed by atoms with Crippen LogP contribution in [0.5, 0.6) is 5.75 Å². The lowest BCUT2D eigenvalue weighted by molar-refractivity contribution is -0.130. The Labute approximate surface area is 159 Å². The lowest BCUT2D eigenvalue weighted by Gasteiger charge is -2.39. The molecule has 150 valence electrons. The van der Waals surface area contributed by atoms with Crippen molar-refractivity contribution in [2.75, 3.05) is 44.8 Å². The van der Waals surface area contributed by atoms with Gasteiger partial charge in [-0.3, -0.25) is 9.69 Å². The highest BCUT2D eigenvalue weighted by atomic mass is 32.2. The van der Waals surface area contributed by atoms with Crippen molar-refractivity contribution in [3.8, 4) is 5.75 Å². The number of amides is 1. The molecule has 27 heavy (non-hydrogen) atoms. The van der Waals surface area contributed by atoms with Gasteiger partial charge in [0.25, 0.3) is 0 Å². The molecule has 2 aliphatic rings. The van der Waals surface area contributed by atoms with Gasteiger partial charge in [0.05, 0.1) is 28.8 Å². The minimum atomic E-state index is -3.82. The van der Waals surface area contributed by atoms with E-state index >= 15 is 0 Å². The Morgan fingerprint density at radius 1 is 1.07 bits per heavy atom. The van der Waals surface area contributed by atoms with Crippen LogP contribution in [-0.4, -0.2) is 88.6 Å². The Kier molecular flexibility index (Phi) is 5.51. The van der Waals surface area contributed by atoms with E-state index in [-0.39, 0.29) is 22.3 Å². The minimum absolute atomic E-state index is 0.0314. The summed E-state index contributed by atoms with van der Waals surface area (Å²) in [4.78, 5) is 15.2. The predicted octanol–water partition coefficient (Wildman–Crippen LogP) is -0.201. The molecule has 0 unspecified atom stereocenters. The van der Waals surface area contributed by atoms with Crippen molar-refractivity contribution in [1.82, 2.24) is 9.80 Å². The molecule has 8 nitrogen and oxygen atoms in total. The molecule has 2 heterocycles. The molecule has 0 radical (unpaired) electrons.